The van der Waals surface area contributed by atoms with E-state index in [1.807, 2.05) is 0 Å². The Morgan fingerprint density at radius 3 is 2.89 bits per heavy atom. The number of benzene rings is 1. The Kier molecular flexibility index (Phi) is 3.80. The number of hydrogen-bond donors (Lipinski definition) is 1. The highest BCUT2D eigenvalue weighted by Crippen LogP contribution is 2.31. The van der Waals surface area contributed by atoms with Gasteiger partial charge in [-0.05, 0) is 24.8 Å². The molecule has 3 rings (SSSR count). The van der Waals surface area contributed by atoms with Crippen molar-refractivity contribution in [2.45, 2.75) is 37.8 Å². The molecule has 0 aromatic heterocycles. The third-order valence-corrected chi connectivity index (χ3v) is 4.31. The summed E-state index contributed by atoms with van der Waals surface area (Å²) in [5, 5.41) is 3.46. The van der Waals surface area contributed by atoms with Gasteiger partial charge in [-0.3, -0.25) is 0 Å². The van der Waals surface area contributed by atoms with Crippen molar-refractivity contribution in [3.05, 3.63) is 35.4 Å². The third kappa shape index (κ3) is 2.65. The summed E-state index contributed by atoms with van der Waals surface area (Å²) in [6, 6.07) is 4.76. The second-order valence-electron chi connectivity index (χ2n) is 5.52. The Morgan fingerprint density at radius 2 is 2.00 bits per heavy atom. The van der Waals surface area contributed by atoms with Gasteiger partial charge in [0, 0.05) is 18.2 Å². The first-order valence-electron chi connectivity index (χ1n) is 7.04. The second-order valence-corrected chi connectivity index (χ2v) is 5.52. The first kappa shape index (κ1) is 13.0. The summed E-state index contributed by atoms with van der Waals surface area (Å²) >= 11 is 0. The summed E-state index contributed by atoms with van der Waals surface area (Å²) in [6.45, 7) is 1.19. The van der Waals surface area contributed by atoms with Gasteiger partial charge in [0.2, 0.25) is 0 Å². The van der Waals surface area contributed by atoms with Crippen molar-refractivity contribution in [1.82, 2.24) is 5.32 Å². The maximum atomic E-state index is 13.8. The van der Waals surface area contributed by atoms with Crippen LogP contribution in [0.3, 0.4) is 0 Å². The number of rotatable bonds is 1. The van der Waals surface area contributed by atoms with Gasteiger partial charge >= 0.3 is 0 Å². The molecule has 2 nitrogen and oxygen atoms in total. The molecular formula is C15H19F2NO. The van der Waals surface area contributed by atoms with Crippen LogP contribution in [0.25, 0.3) is 0 Å². The van der Waals surface area contributed by atoms with Crippen LogP contribution in [0.15, 0.2) is 18.2 Å². The van der Waals surface area contributed by atoms with Gasteiger partial charge < -0.3 is 10.1 Å². The Morgan fingerprint density at radius 1 is 1.16 bits per heavy atom. The predicted octanol–water partition coefficient (Wildman–Crippen LogP) is 3.18. The van der Waals surface area contributed by atoms with E-state index in [0.29, 0.717) is 30.7 Å². The van der Waals surface area contributed by atoms with Crippen molar-refractivity contribution in [3.63, 3.8) is 0 Å². The molecule has 0 bridgehead atoms. The molecule has 1 aliphatic heterocycles. The van der Waals surface area contributed by atoms with Crippen molar-refractivity contribution < 1.29 is 13.5 Å². The van der Waals surface area contributed by atoms with E-state index in [1.54, 1.807) is 6.07 Å². The summed E-state index contributed by atoms with van der Waals surface area (Å²) < 4.78 is 32.9. The zero-order valence-corrected chi connectivity index (χ0v) is 10.9. The number of hydrogen-bond acceptors (Lipinski definition) is 2. The fourth-order valence-electron chi connectivity index (χ4n) is 3.20. The van der Waals surface area contributed by atoms with E-state index < -0.39 is 11.6 Å². The maximum Gasteiger partial charge on any atom is 0.164 e. The van der Waals surface area contributed by atoms with E-state index in [2.05, 4.69) is 5.32 Å². The fraction of sp³-hybridized carbons (Fsp3) is 0.600. The smallest absolute Gasteiger partial charge is 0.164 e. The summed E-state index contributed by atoms with van der Waals surface area (Å²) in [5.41, 5.74) is 0.325. The predicted molar refractivity (Wildman–Crippen MR) is 68.8 cm³/mol. The first-order chi connectivity index (χ1) is 9.25. The summed E-state index contributed by atoms with van der Waals surface area (Å²) in [4.78, 5) is 0. The van der Waals surface area contributed by atoms with E-state index in [-0.39, 0.29) is 6.10 Å². The van der Waals surface area contributed by atoms with Crippen molar-refractivity contribution in [2.75, 3.05) is 13.2 Å². The van der Waals surface area contributed by atoms with Crippen molar-refractivity contribution in [3.8, 4) is 0 Å². The largest absolute Gasteiger partial charge is 0.372 e. The maximum absolute atomic E-state index is 13.8. The highest BCUT2D eigenvalue weighted by atomic mass is 19.2. The topological polar surface area (TPSA) is 21.3 Å². The summed E-state index contributed by atoms with van der Waals surface area (Å²) in [5.74, 6) is -1.07. The van der Waals surface area contributed by atoms with Crippen LogP contribution in [0.1, 0.15) is 37.4 Å². The minimum Gasteiger partial charge on any atom is -0.372 e. The Bertz CT molecular complexity index is 436. The van der Waals surface area contributed by atoms with Gasteiger partial charge in [-0.15, -0.1) is 0 Å². The minimum absolute atomic E-state index is 0.325. The van der Waals surface area contributed by atoms with Crippen molar-refractivity contribution in [2.24, 2.45) is 5.92 Å². The highest BCUT2D eigenvalue weighted by Gasteiger charge is 2.31. The van der Waals surface area contributed by atoms with Crippen LogP contribution >= 0.6 is 0 Å². The van der Waals surface area contributed by atoms with E-state index >= 15 is 0 Å². The van der Waals surface area contributed by atoms with E-state index in [0.717, 1.165) is 18.9 Å². The summed E-state index contributed by atoms with van der Waals surface area (Å²) in [7, 11) is 0. The average Bonchev–Trinajstić information content (AvgIpc) is 2.65. The van der Waals surface area contributed by atoms with Crippen LogP contribution in [0.4, 0.5) is 8.78 Å². The molecule has 1 aliphatic carbocycles. The van der Waals surface area contributed by atoms with Gasteiger partial charge in [-0.25, -0.2) is 8.78 Å². The molecule has 104 valence electrons. The zero-order valence-electron chi connectivity index (χ0n) is 10.9. The van der Waals surface area contributed by atoms with Gasteiger partial charge in [0.1, 0.15) is 0 Å². The van der Waals surface area contributed by atoms with Crippen molar-refractivity contribution in [1.29, 1.82) is 0 Å². The second kappa shape index (κ2) is 5.55. The van der Waals surface area contributed by atoms with Crippen LogP contribution < -0.4 is 5.32 Å². The van der Waals surface area contributed by atoms with Crippen molar-refractivity contribution >= 4 is 0 Å². The molecule has 19 heavy (non-hydrogen) atoms. The minimum atomic E-state index is -0.803. The molecule has 0 spiro atoms. The zero-order chi connectivity index (χ0) is 13.2. The van der Waals surface area contributed by atoms with Crippen LogP contribution in [0.5, 0.6) is 0 Å². The monoisotopic (exact) mass is 267 g/mol. The molecular weight excluding hydrogens is 248 g/mol. The van der Waals surface area contributed by atoms with Gasteiger partial charge in [0.15, 0.2) is 11.6 Å². The standard InChI is InChI=1S/C15H19F2NO/c16-12-6-3-5-11(15(12)17)14-8-18-13-7-2-1-4-10(13)9-19-14/h3,5-6,10,13-14,18H,1-2,4,7-9H2. The molecule has 1 N–H and O–H groups in total. The van der Waals surface area contributed by atoms with Crippen LogP contribution in [0.2, 0.25) is 0 Å². The quantitative estimate of drug-likeness (QED) is 0.843. The number of nitrogens with one attached hydrogen (secondary N) is 1. The molecule has 1 saturated carbocycles. The SMILES string of the molecule is Fc1cccc(C2CNC3CCCCC3CO2)c1F. The lowest BCUT2D eigenvalue weighted by molar-refractivity contribution is 0.0378. The van der Waals surface area contributed by atoms with E-state index in [9.17, 15) is 8.78 Å². The summed E-state index contributed by atoms with van der Waals surface area (Å²) in [6.07, 6.45) is 4.42. The Hall–Kier alpha value is -1.00. The fourth-order valence-corrected chi connectivity index (χ4v) is 3.20. The molecule has 1 saturated heterocycles. The molecule has 1 aromatic carbocycles. The third-order valence-electron chi connectivity index (χ3n) is 4.31. The molecule has 3 atom stereocenters. The number of ether oxygens (including phenoxy) is 1. The molecule has 4 heteroatoms. The lowest BCUT2D eigenvalue weighted by atomic mass is 9.85. The molecule has 2 fully saturated rings. The molecule has 2 aliphatic rings. The Labute approximate surface area is 112 Å². The molecule has 1 aromatic rings. The van der Waals surface area contributed by atoms with Gasteiger partial charge in [0.05, 0.1) is 12.7 Å². The van der Waals surface area contributed by atoms with Gasteiger partial charge in [-0.1, -0.05) is 25.0 Å². The normalized spacial score (nSPS) is 31.6. The van der Waals surface area contributed by atoms with E-state index in [4.69, 9.17) is 4.74 Å². The molecule has 0 amide bonds. The van der Waals surface area contributed by atoms with Crippen LogP contribution in [-0.2, 0) is 4.74 Å². The first-order valence-corrected chi connectivity index (χ1v) is 7.04. The highest BCUT2D eigenvalue weighted by molar-refractivity contribution is 5.22. The van der Waals surface area contributed by atoms with Crippen LogP contribution in [0, 0.1) is 17.6 Å². The van der Waals surface area contributed by atoms with Gasteiger partial charge in [0.25, 0.3) is 0 Å². The average molecular weight is 267 g/mol. The number of halogens is 2. The van der Waals surface area contributed by atoms with E-state index in [1.165, 1.54) is 18.9 Å². The Balaban J connectivity index is 1.77. The molecule has 3 unspecified atom stereocenters. The molecule has 0 radical (unpaired) electrons. The van der Waals surface area contributed by atoms with Gasteiger partial charge in [-0.2, -0.15) is 0 Å². The molecule has 1 heterocycles. The lowest BCUT2D eigenvalue weighted by Gasteiger charge is -2.29. The number of fused-ring (bicyclic) bond motifs is 1. The lowest BCUT2D eigenvalue weighted by Crippen LogP contribution is -2.38. The van der Waals surface area contributed by atoms with Crippen LogP contribution in [-0.4, -0.2) is 19.2 Å².